The number of carbonyl (C=O) groups excluding carboxylic acids is 1. The van der Waals surface area contributed by atoms with Crippen LogP contribution in [0.4, 0.5) is 0 Å². The molecule has 3 heterocycles. The molecule has 1 aromatic heterocycles. The van der Waals surface area contributed by atoms with Gasteiger partial charge in [-0.25, -0.2) is 4.98 Å². The molecule has 1 fully saturated rings. The lowest BCUT2D eigenvalue weighted by Gasteiger charge is -2.23. The third kappa shape index (κ3) is 3.37. The molecule has 2 aliphatic rings. The molecule has 1 aromatic carbocycles. The number of thiazole rings is 1. The second-order valence-corrected chi connectivity index (χ2v) is 6.86. The molecule has 2 aromatic rings. The summed E-state index contributed by atoms with van der Waals surface area (Å²) in [5.74, 6) is 1.54. The zero-order valence-corrected chi connectivity index (χ0v) is 14.0. The van der Waals surface area contributed by atoms with Gasteiger partial charge >= 0.3 is 0 Å². The maximum absolute atomic E-state index is 12.2. The van der Waals surface area contributed by atoms with E-state index in [0.717, 1.165) is 53.7 Å². The molecular weight excluding hydrogens is 326 g/mol. The molecule has 24 heavy (non-hydrogen) atoms. The SMILES string of the molecule is O=C(Cc1csc(-c2ccc3c(c2)OCO3)n1)N[C@H]1CCCNC1. The van der Waals surface area contributed by atoms with Crippen LogP contribution in [0.25, 0.3) is 10.6 Å². The molecule has 4 rings (SSSR count). The van der Waals surface area contributed by atoms with E-state index in [2.05, 4.69) is 15.6 Å². The summed E-state index contributed by atoms with van der Waals surface area (Å²) in [5.41, 5.74) is 1.78. The summed E-state index contributed by atoms with van der Waals surface area (Å²) >= 11 is 1.54. The van der Waals surface area contributed by atoms with Crippen LogP contribution in [-0.2, 0) is 11.2 Å². The highest BCUT2D eigenvalue weighted by Gasteiger charge is 2.18. The lowest BCUT2D eigenvalue weighted by Crippen LogP contribution is -2.46. The van der Waals surface area contributed by atoms with Crippen LogP contribution >= 0.6 is 11.3 Å². The van der Waals surface area contributed by atoms with Gasteiger partial charge in [-0.05, 0) is 37.6 Å². The van der Waals surface area contributed by atoms with Crippen molar-refractivity contribution in [3.8, 4) is 22.1 Å². The molecule has 0 spiro atoms. The molecule has 2 N–H and O–H groups in total. The zero-order valence-electron chi connectivity index (χ0n) is 13.2. The van der Waals surface area contributed by atoms with Gasteiger partial charge < -0.3 is 20.1 Å². The van der Waals surface area contributed by atoms with Gasteiger partial charge in [0, 0.05) is 23.5 Å². The van der Waals surface area contributed by atoms with Crippen LogP contribution in [0.3, 0.4) is 0 Å². The Morgan fingerprint density at radius 2 is 2.29 bits per heavy atom. The molecule has 7 heteroatoms. The van der Waals surface area contributed by atoms with Crippen molar-refractivity contribution in [2.45, 2.75) is 25.3 Å². The number of ether oxygens (including phenoxy) is 2. The molecular formula is C17H19N3O3S. The normalized spacial score (nSPS) is 19.2. The molecule has 0 unspecified atom stereocenters. The van der Waals surface area contributed by atoms with Crippen LogP contribution in [0.2, 0.25) is 0 Å². The van der Waals surface area contributed by atoms with Crippen LogP contribution < -0.4 is 20.1 Å². The van der Waals surface area contributed by atoms with Crippen molar-refractivity contribution in [2.24, 2.45) is 0 Å². The molecule has 0 bridgehead atoms. The fraction of sp³-hybridized carbons (Fsp3) is 0.412. The Balaban J connectivity index is 1.40. The predicted molar refractivity (Wildman–Crippen MR) is 91.4 cm³/mol. The molecule has 126 valence electrons. The number of hydrogen-bond acceptors (Lipinski definition) is 6. The molecule has 1 atom stereocenters. The van der Waals surface area contributed by atoms with Gasteiger partial charge in [0.1, 0.15) is 5.01 Å². The summed E-state index contributed by atoms with van der Waals surface area (Å²) in [6, 6.07) is 6.02. The number of aromatic nitrogens is 1. The van der Waals surface area contributed by atoms with Gasteiger partial charge in [0.25, 0.3) is 0 Å². The first-order valence-corrected chi connectivity index (χ1v) is 9.00. The van der Waals surface area contributed by atoms with E-state index in [1.165, 1.54) is 11.3 Å². The fourth-order valence-corrected chi connectivity index (χ4v) is 3.79. The second kappa shape index (κ2) is 6.78. The highest BCUT2D eigenvalue weighted by molar-refractivity contribution is 7.13. The number of nitrogens with one attached hydrogen (secondary N) is 2. The first kappa shape index (κ1) is 15.4. The third-order valence-corrected chi connectivity index (χ3v) is 5.12. The number of amides is 1. The van der Waals surface area contributed by atoms with Gasteiger partial charge in [0.05, 0.1) is 12.1 Å². The third-order valence-electron chi connectivity index (χ3n) is 4.17. The number of hydrogen-bond donors (Lipinski definition) is 2. The quantitative estimate of drug-likeness (QED) is 0.886. The smallest absolute Gasteiger partial charge is 0.231 e. The van der Waals surface area contributed by atoms with E-state index in [1.54, 1.807) is 0 Å². The van der Waals surface area contributed by atoms with Gasteiger partial charge in [0.2, 0.25) is 12.7 Å². The van der Waals surface area contributed by atoms with Crippen LogP contribution in [0, 0.1) is 0 Å². The topological polar surface area (TPSA) is 72.5 Å². The number of nitrogens with zero attached hydrogens (tertiary/aromatic N) is 1. The van der Waals surface area contributed by atoms with Gasteiger partial charge in [-0.3, -0.25) is 4.79 Å². The fourth-order valence-electron chi connectivity index (χ4n) is 2.97. The Morgan fingerprint density at radius 1 is 1.38 bits per heavy atom. The van der Waals surface area contributed by atoms with E-state index in [-0.39, 0.29) is 18.7 Å². The minimum Gasteiger partial charge on any atom is -0.454 e. The lowest BCUT2D eigenvalue weighted by molar-refractivity contribution is -0.121. The van der Waals surface area contributed by atoms with E-state index in [9.17, 15) is 4.79 Å². The van der Waals surface area contributed by atoms with Gasteiger partial charge in [-0.1, -0.05) is 0 Å². The minimum absolute atomic E-state index is 0.0336. The molecule has 1 saturated heterocycles. The minimum atomic E-state index is 0.0336. The first-order valence-electron chi connectivity index (χ1n) is 8.12. The standard InChI is InChI=1S/C17H19N3O3S/c21-16(19-12-2-1-5-18-8-12)7-13-9-24-17(20-13)11-3-4-14-15(6-11)23-10-22-14/h3-4,6,9,12,18H,1-2,5,7-8,10H2,(H,19,21)/t12-/m0/s1. The zero-order chi connectivity index (χ0) is 16.4. The molecule has 2 aliphatic heterocycles. The largest absolute Gasteiger partial charge is 0.454 e. The maximum atomic E-state index is 12.2. The summed E-state index contributed by atoms with van der Waals surface area (Å²) < 4.78 is 10.7. The van der Waals surface area contributed by atoms with Crippen molar-refractivity contribution in [1.82, 2.24) is 15.6 Å². The highest BCUT2D eigenvalue weighted by atomic mass is 32.1. The van der Waals surface area contributed by atoms with Crippen LogP contribution in [0.15, 0.2) is 23.6 Å². The Morgan fingerprint density at radius 3 is 3.17 bits per heavy atom. The molecule has 6 nitrogen and oxygen atoms in total. The number of rotatable bonds is 4. The Labute approximate surface area is 144 Å². The van der Waals surface area contributed by atoms with Crippen LogP contribution in [0.5, 0.6) is 11.5 Å². The van der Waals surface area contributed by atoms with Crippen LogP contribution in [-0.4, -0.2) is 36.8 Å². The van der Waals surface area contributed by atoms with E-state index < -0.39 is 0 Å². The number of fused-ring (bicyclic) bond motifs is 1. The van der Waals surface area contributed by atoms with Crippen LogP contribution in [0.1, 0.15) is 18.5 Å². The average molecular weight is 345 g/mol. The van der Waals surface area contributed by atoms with Crippen molar-refractivity contribution in [3.05, 3.63) is 29.3 Å². The van der Waals surface area contributed by atoms with Crippen molar-refractivity contribution in [3.63, 3.8) is 0 Å². The Kier molecular flexibility index (Phi) is 4.36. The predicted octanol–water partition coefficient (Wildman–Crippen LogP) is 1.95. The van der Waals surface area contributed by atoms with Crippen molar-refractivity contribution < 1.29 is 14.3 Å². The highest BCUT2D eigenvalue weighted by Crippen LogP contribution is 2.36. The number of piperidine rings is 1. The molecule has 0 saturated carbocycles. The van der Waals surface area contributed by atoms with Gasteiger partial charge in [0.15, 0.2) is 11.5 Å². The molecule has 1 amide bonds. The van der Waals surface area contributed by atoms with Crippen molar-refractivity contribution in [2.75, 3.05) is 19.9 Å². The van der Waals surface area contributed by atoms with E-state index >= 15 is 0 Å². The average Bonchev–Trinajstić information content (AvgIpc) is 3.24. The van der Waals surface area contributed by atoms with Crippen molar-refractivity contribution >= 4 is 17.2 Å². The molecule has 0 radical (unpaired) electrons. The monoisotopic (exact) mass is 345 g/mol. The second-order valence-electron chi connectivity index (χ2n) is 6.00. The maximum Gasteiger partial charge on any atom is 0.231 e. The van der Waals surface area contributed by atoms with Gasteiger partial charge in [-0.15, -0.1) is 11.3 Å². The van der Waals surface area contributed by atoms with E-state index in [0.29, 0.717) is 6.42 Å². The summed E-state index contributed by atoms with van der Waals surface area (Å²) in [6.45, 7) is 2.15. The van der Waals surface area contributed by atoms with E-state index in [4.69, 9.17) is 9.47 Å². The van der Waals surface area contributed by atoms with E-state index in [1.807, 2.05) is 23.6 Å². The lowest BCUT2D eigenvalue weighted by atomic mass is 10.1. The summed E-state index contributed by atoms with van der Waals surface area (Å²) in [4.78, 5) is 16.8. The van der Waals surface area contributed by atoms with Gasteiger partial charge in [-0.2, -0.15) is 0 Å². The first-order chi connectivity index (χ1) is 11.8. The molecule has 0 aliphatic carbocycles. The van der Waals surface area contributed by atoms with Crippen molar-refractivity contribution in [1.29, 1.82) is 0 Å². The Hall–Kier alpha value is -2.12. The summed E-state index contributed by atoms with van der Waals surface area (Å²) in [7, 11) is 0. The number of carbonyl (C=O) groups is 1. The Bertz CT molecular complexity index is 740. The summed E-state index contributed by atoms with van der Waals surface area (Å²) in [6.07, 6.45) is 2.46. The number of benzene rings is 1. The summed E-state index contributed by atoms with van der Waals surface area (Å²) in [5, 5.41) is 9.20.